The molecule has 0 aromatic heterocycles. The van der Waals surface area contributed by atoms with Gasteiger partial charge in [0.15, 0.2) is 5.17 Å². The molecule has 0 radical (unpaired) electrons. The quantitative estimate of drug-likeness (QED) is 0.242. The van der Waals surface area contributed by atoms with Gasteiger partial charge in [-0.25, -0.2) is 0 Å². The van der Waals surface area contributed by atoms with E-state index < -0.39 is 0 Å². The van der Waals surface area contributed by atoms with Crippen molar-refractivity contribution in [3.63, 3.8) is 0 Å². The van der Waals surface area contributed by atoms with Gasteiger partial charge in [-0.05, 0) is 79.3 Å². The van der Waals surface area contributed by atoms with Gasteiger partial charge in [0.05, 0.1) is 6.54 Å². The van der Waals surface area contributed by atoms with Crippen LogP contribution in [0.1, 0.15) is 66.5 Å². The number of allylic oxidation sites excluding steroid dienone is 2. The Morgan fingerprint density at radius 1 is 1.13 bits per heavy atom. The molecule has 3 N–H and O–H groups in total. The molecule has 1 heterocycles. The summed E-state index contributed by atoms with van der Waals surface area (Å²) in [5, 5.41) is 11.8. The van der Waals surface area contributed by atoms with E-state index in [1.54, 1.807) is 6.21 Å². The van der Waals surface area contributed by atoms with Crippen LogP contribution in [0.15, 0.2) is 40.7 Å². The molecule has 1 aliphatic heterocycles. The number of aliphatic imine (C=N–C) groups is 1. The number of nitrogens with two attached hydrogens (primary N) is 1. The third kappa shape index (κ3) is 5.31. The summed E-state index contributed by atoms with van der Waals surface area (Å²) in [4.78, 5) is 8.91. The monoisotopic (exact) mass is 432 g/mol. The molecule has 1 aromatic rings. The topological polar surface area (TPSA) is 68.1 Å². The minimum Gasteiger partial charge on any atom is -0.379 e. The summed E-state index contributed by atoms with van der Waals surface area (Å²) < 4.78 is 1.33. The minimum atomic E-state index is -0.334. The third-order valence-electron chi connectivity index (χ3n) is 5.25. The van der Waals surface area contributed by atoms with E-state index in [9.17, 15) is 5.21 Å². The number of hydrogen-bond donors (Lipinski definition) is 2. The van der Waals surface area contributed by atoms with E-state index in [-0.39, 0.29) is 17.4 Å². The fourth-order valence-electron chi connectivity index (χ4n) is 3.97. The van der Waals surface area contributed by atoms with Crippen LogP contribution in [-0.2, 0) is 6.54 Å². The zero-order valence-corrected chi connectivity index (χ0v) is 20.7. The molecule has 2 rings (SSSR count). The van der Waals surface area contributed by atoms with Gasteiger partial charge in [-0.15, -0.1) is 0 Å². The number of hydroxylamine groups is 1. The zero-order valence-electron chi connectivity index (χ0n) is 19.9. The Bertz CT molecular complexity index is 831. The SMILES string of the molecule is CSC(N)=NCc1cccc(/C=[N+](\O)C2N(C(C)(C)C)C(C)=C(C)N2C(C)(C)C)c1. The number of nitrogens with zero attached hydrogens (tertiary/aromatic N) is 4. The standard InChI is InChI=1S/C23H38N5OS/c1-16-17(2)28(23(6,7)8)21(27(16)22(3,4)5)26(29)15-19-12-10-11-18(13-19)14-25-20(24)30-9/h10-13,15,21,29H,14H2,1-9H3,(H2,24,25)/q+1/b26-15-. The zero-order chi connectivity index (χ0) is 22.9. The predicted molar refractivity (Wildman–Crippen MR) is 128 cm³/mol. The number of thioether (sulfide) groups is 1. The van der Waals surface area contributed by atoms with E-state index in [1.807, 2.05) is 30.5 Å². The second-order valence-corrected chi connectivity index (χ2v) is 10.5. The molecule has 0 atom stereocenters. The Morgan fingerprint density at radius 3 is 2.13 bits per heavy atom. The van der Waals surface area contributed by atoms with Crippen molar-refractivity contribution in [2.45, 2.75) is 79.3 Å². The lowest BCUT2D eigenvalue weighted by Crippen LogP contribution is -2.58. The lowest BCUT2D eigenvalue weighted by molar-refractivity contribution is -0.822. The lowest BCUT2D eigenvalue weighted by atomic mass is 10.0. The first-order chi connectivity index (χ1) is 13.8. The molecule has 0 amide bonds. The van der Waals surface area contributed by atoms with Crippen LogP contribution < -0.4 is 5.73 Å². The third-order valence-corrected chi connectivity index (χ3v) is 5.80. The maximum atomic E-state index is 11.3. The molecule has 30 heavy (non-hydrogen) atoms. The van der Waals surface area contributed by atoms with E-state index in [1.165, 1.54) is 27.9 Å². The van der Waals surface area contributed by atoms with Crippen molar-refractivity contribution in [1.29, 1.82) is 0 Å². The minimum absolute atomic E-state index is 0.156. The molecule has 166 valence electrons. The van der Waals surface area contributed by atoms with E-state index in [0.29, 0.717) is 11.7 Å². The number of amidine groups is 1. The predicted octanol–water partition coefficient (Wildman–Crippen LogP) is 4.43. The second kappa shape index (κ2) is 8.92. The Balaban J connectivity index is 2.46. The summed E-state index contributed by atoms with van der Waals surface area (Å²) in [5.74, 6) is 0. The number of rotatable bonds is 4. The van der Waals surface area contributed by atoms with Crippen LogP contribution in [-0.4, -0.2) is 54.8 Å². The molecule has 6 nitrogen and oxygen atoms in total. The van der Waals surface area contributed by atoms with Crippen LogP contribution in [0.5, 0.6) is 0 Å². The average molecular weight is 433 g/mol. The van der Waals surface area contributed by atoms with Crippen LogP contribution in [0.3, 0.4) is 0 Å². The van der Waals surface area contributed by atoms with Gasteiger partial charge in [-0.3, -0.25) is 20.0 Å². The molecule has 1 aromatic carbocycles. The van der Waals surface area contributed by atoms with Crippen LogP contribution in [0, 0.1) is 0 Å². The van der Waals surface area contributed by atoms with E-state index >= 15 is 0 Å². The van der Waals surface area contributed by atoms with Crippen molar-refractivity contribution in [3.05, 3.63) is 46.8 Å². The van der Waals surface area contributed by atoms with Crippen molar-refractivity contribution in [2.75, 3.05) is 6.26 Å². The van der Waals surface area contributed by atoms with Gasteiger partial charge < -0.3 is 5.73 Å². The molecule has 7 heteroatoms. The normalized spacial score (nSPS) is 17.4. The molecular formula is C23H38N5OS+. The Labute approximate surface area is 186 Å². The fourth-order valence-corrected chi connectivity index (χ4v) is 4.16. The van der Waals surface area contributed by atoms with Gasteiger partial charge in [-0.2, -0.15) is 0 Å². The van der Waals surface area contributed by atoms with Crippen LogP contribution in [0.4, 0.5) is 0 Å². The molecule has 0 saturated heterocycles. The van der Waals surface area contributed by atoms with Gasteiger partial charge in [0.25, 0.3) is 0 Å². The summed E-state index contributed by atoms with van der Waals surface area (Å²) in [5.41, 5.74) is 9.80. The molecule has 0 aliphatic carbocycles. The van der Waals surface area contributed by atoms with Gasteiger partial charge in [0, 0.05) is 32.8 Å². The first-order valence-corrected chi connectivity index (χ1v) is 11.5. The summed E-state index contributed by atoms with van der Waals surface area (Å²) in [6.45, 7) is 17.8. The first kappa shape index (κ1) is 24.1. The summed E-state index contributed by atoms with van der Waals surface area (Å²) in [7, 11) is 0. The molecular weight excluding hydrogens is 394 g/mol. The van der Waals surface area contributed by atoms with Crippen molar-refractivity contribution >= 4 is 23.1 Å². The molecule has 0 spiro atoms. The van der Waals surface area contributed by atoms with Crippen LogP contribution in [0.25, 0.3) is 0 Å². The largest absolute Gasteiger partial charge is 0.379 e. The van der Waals surface area contributed by atoms with Gasteiger partial charge in [0.1, 0.15) is 0 Å². The highest BCUT2D eigenvalue weighted by Crippen LogP contribution is 2.39. The smallest absolute Gasteiger partial charge is 0.359 e. The summed E-state index contributed by atoms with van der Waals surface area (Å²) >= 11 is 1.44. The second-order valence-electron chi connectivity index (χ2n) is 9.71. The Kier molecular flexibility index (Phi) is 7.17. The van der Waals surface area contributed by atoms with Gasteiger partial charge >= 0.3 is 6.29 Å². The van der Waals surface area contributed by atoms with Crippen molar-refractivity contribution < 1.29 is 9.95 Å². The van der Waals surface area contributed by atoms with Crippen molar-refractivity contribution in [2.24, 2.45) is 10.7 Å². The molecule has 0 unspecified atom stereocenters. The highest BCUT2D eigenvalue weighted by atomic mass is 32.2. The number of benzene rings is 1. The highest BCUT2D eigenvalue weighted by molar-refractivity contribution is 8.13. The van der Waals surface area contributed by atoms with E-state index in [0.717, 1.165) is 11.1 Å². The number of hydrogen-bond acceptors (Lipinski definition) is 5. The summed E-state index contributed by atoms with van der Waals surface area (Å²) in [6.07, 6.45) is 3.37. The van der Waals surface area contributed by atoms with Crippen molar-refractivity contribution in [3.8, 4) is 0 Å². The molecule has 0 bridgehead atoms. The molecule has 0 fully saturated rings. The Hall–Kier alpha value is -2.15. The van der Waals surface area contributed by atoms with Gasteiger partial charge in [-0.1, -0.05) is 23.9 Å². The highest BCUT2D eigenvalue weighted by Gasteiger charge is 2.51. The summed E-state index contributed by atoms with van der Waals surface area (Å²) in [6, 6.07) is 8.02. The fraction of sp³-hybridized carbons (Fsp3) is 0.565. The van der Waals surface area contributed by atoms with E-state index in [4.69, 9.17) is 5.73 Å². The van der Waals surface area contributed by atoms with E-state index in [2.05, 4.69) is 70.2 Å². The Morgan fingerprint density at radius 2 is 1.67 bits per heavy atom. The van der Waals surface area contributed by atoms with Gasteiger partial charge in [0.2, 0.25) is 6.21 Å². The molecule has 0 saturated carbocycles. The maximum absolute atomic E-state index is 11.3. The average Bonchev–Trinajstić information content (AvgIpc) is 2.91. The molecule has 1 aliphatic rings. The van der Waals surface area contributed by atoms with Crippen LogP contribution >= 0.6 is 11.8 Å². The van der Waals surface area contributed by atoms with Crippen molar-refractivity contribution in [1.82, 2.24) is 9.80 Å². The maximum Gasteiger partial charge on any atom is 0.359 e. The lowest BCUT2D eigenvalue weighted by Gasteiger charge is -2.41. The van der Waals surface area contributed by atoms with Crippen LogP contribution in [0.2, 0.25) is 0 Å². The first-order valence-electron chi connectivity index (χ1n) is 10.3.